The highest BCUT2D eigenvalue weighted by molar-refractivity contribution is 7.19. The molecule has 190 valence electrons. The van der Waals surface area contributed by atoms with Gasteiger partial charge in [0.25, 0.3) is 5.56 Å². The standard InChI is InChI=1S/C27H29N7O2S/c1-6-16(3)26(36-5)28-12-17(7-2)11-22-31-25-24(37-22)20-14-30-34(27(35)23(20)33(25)4)15-18-9-8-10-21-19(18)13-29-32-21/h7-10,12-14H,6,11,15H2,1-5H3,(H,29,32)/b17-7-,26-16-,28-12-. The van der Waals surface area contributed by atoms with Gasteiger partial charge in [0.2, 0.25) is 5.88 Å². The highest BCUT2D eigenvalue weighted by Gasteiger charge is 2.19. The summed E-state index contributed by atoms with van der Waals surface area (Å²) in [5.74, 6) is 0.642. The summed E-state index contributed by atoms with van der Waals surface area (Å²) in [6, 6.07) is 5.90. The molecule has 1 N–H and O–H groups in total. The van der Waals surface area contributed by atoms with Gasteiger partial charge in [-0.2, -0.15) is 10.2 Å². The molecule has 0 spiro atoms. The Bertz CT molecular complexity index is 1760. The van der Waals surface area contributed by atoms with Crippen LogP contribution in [0.4, 0.5) is 0 Å². The van der Waals surface area contributed by atoms with E-state index in [1.165, 1.54) is 4.68 Å². The van der Waals surface area contributed by atoms with Crippen molar-refractivity contribution in [2.24, 2.45) is 12.0 Å². The number of hydrogen-bond acceptors (Lipinski definition) is 7. The molecule has 0 aliphatic rings. The Labute approximate surface area is 217 Å². The minimum absolute atomic E-state index is 0.140. The van der Waals surface area contributed by atoms with E-state index in [1.54, 1.807) is 30.8 Å². The molecule has 0 aliphatic carbocycles. The van der Waals surface area contributed by atoms with E-state index in [4.69, 9.17) is 9.72 Å². The lowest BCUT2D eigenvalue weighted by Gasteiger charge is -2.07. The number of nitrogens with one attached hydrogen (secondary N) is 1. The molecule has 0 amide bonds. The SMILES string of the molecule is C\C=C(/C=N\C(OC)=C(/C)CC)Cc1nc2c(s1)c1cnn(Cc3cccc4[nH]ncc34)c(=O)c1n2C. The number of fused-ring (bicyclic) bond motifs is 4. The molecular weight excluding hydrogens is 486 g/mol. The molecule has 0 saturated heterocycles. The molecule has 0 saturated carbocycles. The zero-order valence-electron chi connectivity index (χ0n) is 21.6. The molecule has 10 heteroatoms. The third-order valence-electron chi connectivity index (χ3n) is 6.63. The van der Waals surface area contributed by atoms with Crippen molar-refractivity contribution in [2.75, 3.05) is 7.11 Å². The van der Waals surface area contributed by atoms with Crippen molar-refractivity contribution in [2.45, 2.75) is 40.2 Å². The number of aliphatic imine (C=N–C) groups is 1. The van der Waals surface area contributed by atoms with Gasteiger partial charge in [-0.3, -0.25) is 9.89 Å². The Balaban J connectivity index is 1.46. The molecule has 0 unspecified atom stereocenters. The number of allylic oxidation sites excluding steroid dienone is 3. The average Bonchev–Trinajstić information content (AvgIpc) is 3.61. The molecule has 5 rings (SSSR count). The second-order valence-corrected chi connectivity index (χ2v) is 9.96. The number of nitrogens with zero attached hydrogens (tertiary/aromatic N) is 6. The van der Waals surface area contributed by atoms with Gasteiger partial charge in [0.1, 0.15) is 10.5 Å². The number of thiazole rings is 1. The van der Waals surface area contributed by atoms with Crippen molar-refractivity contribution in [3.63, 3.8) is 0 Å². The first-order valence-electron chi connectivity index (χ1n) is 12.1. The van der Waals surface area contributed by atoms with Crippen LogP contribution in [0.3, 0.4) is 0 Å². The maximum absolute atomic E-state index is 13.5. The van der Waals surface area contributed by atoms with Gasteiger partial charge in [0.05, 0.1) is 36.3 Å². The van der Waals surface area contributed by atoms with Crippen LogP contribution in [0.25, 0.3) is 32.2 Å². The molecule has 4 aromatic heterocycles. The quantitative estimate of drug-likeness (QED) is 0.228. The average molecular weight is 516 g/mol. The van der Waals surface area contributed by atoms with E-state index >= 15 is 0 Å². The number of methoxy groups -OCH3 is 1. The van der Waals surface area contributed by atoms with Crippen LogP contribution >= 0.6 is 11.3 Å². The van der Waals surface area contributed by atoms with Gasteiger partial charge in [0, 0.05) is 30.5 Å². The van der Waals surface area contributed by atoms with Crippen LogP contribution in [0.5, 0.6) is 0 Å². The second kappa shape index (κ2) is 10.1. The number of ether oxygens (including phenoxy) is 1. The zero-order valence-corrected chi connectivity index (χ0v) is 22.4. The van der Waals surface area contributed by atoms with Crippen molar-refractivity contribution < 1.29 is 4.74 Å². The van der Waals surface area contributed by atoms with Gasteiger partial charge in [-0.1, -0.05) is 25.1 Å². The van der Waals surface area contributed by atoms with E-state index in [0.717, 1.165) is 54.8 Å². The fourth-order valence-corrected chi connectivity index (χ4v) is 5.52. The Kier molecular flexibility index (Phi) is 6.75. The minimum Gasteiger partial charge on any atom is -0.481 e. The van der Waals surface area contributed by atoms with Crippen LogP contribution in [0.1, 0.15) is 37.8 Å². The molecule has 4 heterocycles. The summed E-state index contributed by atoms with van der Waals surface area (Å²) >= 11 is 1.59. The van der Waals surface area contributed by atoms with Gasteiger partial charge in [-0.05, 0) is 43.0 Å². The first-order chi connectivity index (χ1) is 17.9. The Morgan fingerprint density at radius 3 is 2.86 bits per heavy atom. The number of hydrogen-bond donors (Lipinski definition) is 1. The normalized spacial score (nSPS) is 13.4. The number of rotatable bonds is 8. The lowest BCUT2D eigenvalue weighted by molar-refractivity contribution is 0.283. The first-order valence-corrected chi connectivity index (χ1v) is 12.9. The van der Waals surface area contributed by atoms with Crippen molar-refractivity contribution in [3.05, 3.63) is 74.6 Å². The van der Waals surface area contributed by atoms with Gasteiger partial charge >= 0.3 is 0 Å². The van der Waals surface area contributed by atoms with Crippen molar-refractivity contribution in [1.82, 2.24) is 29.5 Å². The maximum atomic E-state index is 13.5. The Morgan fingerprint density at radius 2 is 2.11 bits per heavy atom. The Hall–Kier alpha value is -4.05. The summed E-state index contributed by atoms with van der Waals surface area (Å²) in [6.45, 7) is 6.45. The van der Waals surface area contributed by atoms with Crippen molar-refractivity contribution in [1.29, 1.82) is 0 Å². The number of benzene rings is 1. The van der Waals surface area contributed by atoms with Gasteiger partial charge in [-0.25, -0.2) is 14.7 Å². The highest BCUT2D eigenvalue weighted by atomic mass is 32.1. The van der Waals surface area contributed by atoms with Crippen molar-refractivity contribution in [3.8, 4) is 0 Å². The van der Waals surface area contributed by atoms with Crippen LogP contribution < -0.4 is 5.56 Å². The summed E-state index contributed by atoms with van der Waals surface area (Å²) in [5.41, 5.74) is 5.30. The summed E-state index contributed by atoms with van der Waals surface area (Å²) in [5, 5.41) is 14.4. The van der Waals surface area contributed by atoms with Crippen molar-refractivity contribution >= 4 is 49.7 Å². The number of aromatic amines is 1. The number of aromatic nitrogens is 6. The fourth-order valence-electron chi connectivity index (χ4n) is 4.38. The molecule has 0 fully saturated rings. The Morgan fingerprint density at radius 1 is 1.27 bits per heavy atom. The van der Waals surface area contributed by atoms with Crippen LogP contribution in [0.15, 0.2) is 63.5 Å². The lowest BCUT2D eigenvalue weighted by Crippen LogP contribution is -2.24. The molecule has 9 nitrogen and oxygen atoms in total. The van der Waals surface area contributed by atoms with E-state index in [1.807, 2.05) is 56.0 Å². The summed E-state index contributed by atoms with van der Waals surface area (Å²) in [4.78, 5) is 22.9. The third kappa shape index (κ3) is 4.48. The largest absolute Gasteiger partial charge is 0.481 e. The zero-order chi connectivity index (χ0) is 26.1. The molecule has 0 radical (unpaired) electrons. The van der Waals surface area contributed by atoms with E-state index < -0.39 is 0 Å². The van der Waals surface area contributed by atoms with E-state index in [0.29, 0.717) is 24.4 Å². The predicted molar refractivity (Wildman–Crippen MR) is 149 cm³/mol. The summed E-state index contributed by atoms with van der Waals surface area (Å²) < 4.78 is 9.76. The maximum Gasteiger partial charge on any atom is 0.291 e. The third-order valence-corrected chi connectivity index (χ3v) is 7.71. The van der Waals surface area contributed by atoms with Crippen LogP contribution in [0.2, 0.25) is 0 Å². The number of aryl methyl sites for hydroxylation is 1. The first kappa shape index (κ1) is 24.6. The molecule has 5 aromatic rings. The molecule has 0 bridgehead atoms. The smallest absolute Gasteiger partial charge is 0.291 e. The minimum atomic E-state index is -0.140. The van der Waals surface area contributed by atoms with Crippen LogP contribution in [-0.4, -0.2) is 42.9 Å². The number of H-pyrrole nitrogens is 1. The highest BCUT2D eigenvalue weighted by Crippen LogP contribution is 2.31. The lowest BCUT2D eigenvalue weighted by atomic mass is 10.1. The van der Waals surface area contributed by atoms with Crippen LogP contribution in [0, 0.1) is 0 Å². The van der Waals surface area contributed by atoms with Crippen LogP contribution in [-0.2, 0) is 24.8 Å². The molecule has 0 aliphatic heterocycles. The molecule has 37 heavy (non-hydrogen) atoms. The van der Waals surface area contributed by atoms with E-state index in [9.17, 15) is 4.79 Å². The van der Waals surface area contributed by atoms with Gasteiger partial charge in [-0.15, -0.1) is 11.3 Å². The van der Waals surface area contributed by atoms with E-state index in [2.05, 4.69) is 27.2 Å². The monoisotopic (exact) mass is 515 g/mol. The van der Waals surface area contributed by atoms with Gasteiger partial charge in [0.15, 0.2) is 5.65 Å². The fraction of sp³-hybridized carbons (Fsp3) is 0.296. The summed E-state index contributed by atoms with van der Waals surface area (Å²) in [7, 11) is 3.53. The predicted octanol–water partition coefficient (Wildman–Crippen LogP) is 5.12. The molecule has 1 aromatic carbocycles. The molecular formula is C27H29N7O2S. The topological polar surface area (TPSA) is 103 Å². The molecule has 0 atom stereocenters. The van der Waals surface area contributed by atoms with Gasteiger partial charge < -0.3 is 9.30 Å². The second-order valence-electron chi connectivity index (χ2n) is 8.88. The summed E-state index contributed by atoms with van der Waals surface area (Å²) in [6.07, 6.45) is 8.94. The van der Waals surface area contributed by atoms with E-state index in [-0.39, 0.29) is 5.56 Å².